The van der Waals surface area contributed by atoms with Crippen LogP contribution in [-0.2, 0) is 9.59 Å². The van der Waals surface area contributed by atoms with E-state index in [1.165, 1.54) is 6.08 Å². The van der Waals surface area contributed by atoms with Crippen molar-refractivity contribution in [1.29, 1.82) is 0 Å². The Bertz CT molecular complexity index is 220. The molecule has 1 N–H and O–H groups in total. The van der Waals surface area contributed by atoms with E-state index in [0.717, 1.165) is 0 Å². The van der Waals surface area contributed by atoms with E-state index in [2.05, 4.69) is 17.9 Å². The van der Waals surface area contributed by atoms with Gasteiger partial charge in [-0.2, -0.15) is 12.6 Å². The molecule has 1 atom stereocenters. The summed E-state index contributed by atoms with van der Waals surface area (Å²) in [5, 5.41) is 1.95. The summed E-state index contributed by atoms with van der Waals surface area (Å²) >= 11 is 4.01. The van der Waals surface area contributed by atoms with Crippen LogP contribution in [0.25, 0.3) is 0 Å². The average molecular weight is 157 g/mol. The molecule has 4 heteroatoms. The fourth-order valence-electron chi connectivity index (χ4n) is 0.737. The molecule has 0 radical (unpaired) electrons. The molecule has 0 saturated heterocycles. The van der Waals surface area contributed by atoms with Gasteiger partial charge in [0.25, 0.3) is 11.8 Å². The number of thiol groups is 1. The van der Waals surface area contributed by atoms with E-state index in [9.17, 15) is 9.59 Å². The quantitative estimate of drug-likeness (QED) is 0.412. The minimum absolute atomic E-state index is 0.175. The summed E-state index contributed by atoms with van der Waals surface area (Å²) in [5.74, 6) is -0.673. The lowest BCUT2D eigenvalue weighted by atomic mass is 10.2. The lowest BCUT2D eigenvalue weighted by Crippen LogP contribution is -2.23. The van der Waals surface area contributed by atoms with Gasteiger partial charge in [-0.25, -0.2) is 0 Å². The predicted molar refractivity (Wildman–Crippen MR) is 39.7 cm³/mol. The van der Waals surface area contributed by atoms with Crippen LogP contribution in [0.3, 0.4) is 0 Å². The highest BCUT2D eigenvalue weighted by molar-refractivity contribution is 7.81. The van der Waals surface area contributed by atoms with Crippen LogP contribution in [-0.4, -0.2) is 17.1 Å². The maximum Gasteiger partial charge on any atom is 0.255 e. The van der Waals surface area contributed by atoms with Crippen molar-refractivity contribution in [2.45, 2.75) is 12.2 Å². The van der Waals surface area contributed by atoms with Crippen molar-refractivity contribution in [3.05, 3.63) is 11.6 Å². The van der Waals surface area contributed by atoms with Gasteiger partial charge in [0, 0.05) is 16.9 Å². The summed E-state index contributed by atoms with van der Waals surface area (Å²) in [5.41, 5.74) is 0.438. The molecule has 1 heterocycles. The molecular formula is C6H7NO2S. The molecule has 0 fully saturated rings. The highest BCUT2D eigenvalue weighted by Crippen LogP contribution is 2.11. The SMILES string of the molecule is CC(S)C1=CC(=O)NC1=O. The van der Waals surface area contributed by atoms with Crippen LogP contribution in [0.15, 0.2) is 11.6 Å². The van der Waals surface area contributed by atoms with Gasteiger partial charge < -0.3 is 0 Å². The normalized spacial score (nSPS) is 20.4. The van der Waals surface area contributed by atoms with Gasteiger partial charge in [0.1, 0.15) is 0 Å². The molecule has 10 heavy (non-hydrogen) atoms. The first-order chi connectivity index (χ1) is 4.61. The smallest absolute Gasteiger partial charge is 0.255 e. The molecule has 1 aliphatic rings. The molecule has 0 saturated carbocycles. The third kappa shape index (κ3) is 1.21. The third-order valence-corrected chi connectivity index (χ3v) is 1.51. The fourth-order valence-corrected chi connectivity index (χ4v) is 0.929. The first-order valence-corrected chi connectivity index (χ1v) is 3.38. The molecule has 0 aromatic carbocycles. The number of imide groups is 1. The zero-order chi connectivity index (χ0) is 7.72. The van der Waals surface area contributed by atoms with Crippen LogP contribution in [0.5, 0.6) is 0 Å². The molecule has 1 aliphatic heterocycles. The number of hydrogen-bond donors (Lipinski definition) is 2. The van der Waals surface area contributed by atoms with Crippen LogP contribution in [0.1, 0.15) is 6.92 Å². The van der Waals surface area contributed by atoms with E-state index in [1.54, 1.807) is 6.92 Å². The average Bonchev–Trinajstić information content (AvgIpc) is 2.10. The molecule has 0 aliphatic carbocycles. The molecule has 54 valence electrons. The number of amides is 2. The van der Waals surface area contributed by atoms with Gasteiger partial charge in [0.2, 0.25) is 0 Å². The number of rotatable bonds is 1. The van der Waals surface area contributed by atoms with Crippen LogP contribution in [0, 0.1) is 0 Å². The van der Waals surface area contributed by atoms with Crippen molar-refractivity contribution < 1.29 is 9.59 Å². The Morgan fingerprint density at radius 3 is 2.40 bits per heavy atom. The Hall–Kier alpha value is -0.770. The molecule has 0 spiro atoms. The van der Waals surface area contributed by atoms with Crippen molar-refractivity contribution >= 4 is 24.4 Å². The molecule has 0 bridgehead atoms. The lowest BCUT2D eigenvalue weighted by molar-refractivity contribution is -0.123. The molecule has 2 amide bonds. The van der Waals surface area contributed by atoms with Crippen LogP contribution in [0.4, 0.5) is 0 Å². The minimum Gasteiger partial charge on any atom is -0.289 e. The molecule has 0 aromatic heterocycles. The Labute approximate surface area is 63.9 Å². The van der Waals surface area contributed by atoms with Crippen LogP contribution < -0.4 is 5.32 Å². The van der Waals surface area contributed by atoms with Gasteiger partial charge in [0.15, 0.2) is 0 Å². The maximum atomic E-state index is 10.8. The summed E-state index contributed by atoms with van der Waals surface area (Å²) in [6, 6.07) is 0. The maximum absolute atomic E-state index is 10.8. The van der Waals surface area contributed by atoms with Crippen molar-refractivity contribution in [2.24, 2.45) is 0 Å². The zero-order valence-electron chi connectivity index (χ0n) is 5.42. The number of hydrogen-bond acceptors (Lipinski definition) is 3. The highest BCUT2D eigenvalue weighted by atomic mass is 32.1. The van der Waals surface area contributed by atoms with Crippen molar-refractivity contribution in [1.82, 2.24) is 5.32 Å². The Kier molecular flexibility index (Phi) is 1.80. The van der Waals surface area contributed by atoms with E-state index in [0.29, 0.717) is 5.57 Å². The van der Waals surface area contributed by atoms with E-state index >= 15 is 0 Å². The Balaban J connectivity index is 2.85. The largest absolute Gasteiger partial charge is 0.289 e. The molecule has 3 nitrogen and oxygen atoms in total. The van der Waals surface area contributed by atoms with Gasteiger partial charge in [-0.3, -0.25) is 14.9 Å². The second-order valence-electron chi connectivity index (χ2n) is 2.09. The van der Waals surface area contributed by atoms with Gasteiger partial charge in [-0.15, -0.1) is 0 Å². The number of carbonyl (C=O) groups excluding carboxylic acids is 2. The van der Waals surface area contributed by atoms with E-state index < -0.39 is 0 Å². The number of nitrogens with one attached hydrogen (secondary N) is 1. The second kappa shape index (κ2) is 2.46. The predicted octanol–water partition coefficient (Wildman–Crippen LogP) is -0.113. The van der Waals surface area contributed by atoms with Crippen molar-refractivity contribution in [2.75, 3.05) is 0 Å². The molecule has 0 aromatic rings. The van der Waals surface area contributed by atoms with Gasteiger partial charge in [-0.1, -0.05) is 0 Å². The highest BCUT2D eigenvalue weighted by Gasteiger charge is 2.22. The van der Waals surface area contributed by atoms with Gasteiger partial charge in [0.05, 0.1) is 0 Å². The molecule has 1 rings (SSSR count). The number of carbonyl (C=O) groups is 2. The third-order valence-electron chi connectivity index (χ3n) is 1.24. The molecular weight excluding hydrogens is 150 g/mol. The second-order valence-corrected chi connectivity index (χ2v) is 2.87. The summed E-state index contributed by atoms with van der Waals surface area (Å²) in [6.45, 7) is 1.74. The summed E-state index contributed by atoms with van der Waals surface area (Å²) < 4.78 is 0. The first kappa shape index (κ1) is 7.34. The zero-order valence-corrected chi connectivity index (χ0v) is 6.31. The van der Waals surface area contributed by atoms with Crippen LogP contribution in [0.2, 0.25) is 0 Å². The van der Waals surface area contributed by atoms with Gasteiger partial charge in [-0.05, 0) is 6.92 Å². The van der Waals surface area contributed by atoms with E-state index in [-0.39, 0.29) is 17.1 Å². The summed E-state index contributed by atoms with van der Waals surface area (Å²) in [7, 11) is 0. The Morgan fingerprint density at radius 2 is 2.20 bits per heavy atom. The minimum atomic E-state index is -0.346. The molecule has 1 unspecified atom stereocenters. The Morgan fingerprint density at radius 1 is 1.60 bits per heavy atom. The lowest BCUT2D eigenvalue weighted by Gasteiger charge is -1.99. The fraction of sp³-hybridized carbons (Fsp3) is 0.333. The van der Waals surface area contributed by atoms with Gasteiger partial charge >= 0.3 is 0 Å². The monoisotopic (exact) mass is 157 g/mol. The summed E-state index contributed by atoms with van der Waals surface area (Å²) in [4.78, 5) is 21.3. The van der Waals surface area contributed by atoms with E-state index in [4.69, 9.17) is 0 Å². The van der Waals surface area contributed by atoms with Crippen molar-refractivity contribution in [3.63, 3.8) is 0 Å². The summed E-state index contributed by atoms with van der Waals surface area (Å²) in [6.07, 6.45) is 1.28. The topological polar surface area (TPSA) is 46.2 Å². The first-order valence-electron chi connectivity index (χ1n) is 2.86. The standard InChI is InChI=1S/C6H7NO2S/c1-3(10)4-2-5(8)7-6(4)9/h2-3,10H,1H3,(H,7,8,9). The van der Waals surface area contributed by atoms with Crippen LogP contribution >= 0.6 is 12.6 Å². The van der Waals surface area contributed by atoms with E-state index in [1.807, 2.05) is 0 Å². The van der Waals surface area contributed by atoms with Crippen molar-refractivity contribution in [3.8, 4) is 0 Å².